The first-order chi connectivity index (χ1) is 17.3. The molecule has 162 valence electrons. The Bertz CT molecular complexity index is 2330. The number of hydrogen-bond donors (Lipinski definition) is 0. The minimum absolute atomic E-state index is 0.913. The van der Waals surface area contributed by atoms with Crippen molar-refractivity contribution < 1.29 is 4.42 Å². The lowest BCUT2D eigenvalue weighted by atomic mass is 10.0. The van der Waals surface area contributed by atoms with Crippen LogP contribution in [0.4, 0.5) is 0 Å². The fourth-order valence-corrected chi connectivity index (χ4v) is 6.91. The third kappa shape index (κ3) is 2.23. The normalized spacial score (nSPS) is 12.6. The average molecular weight is 465 g/mol. The predicted octanol–water partition coefficient (Wildman–Crippen LogP) is 9.06. The Morgan fingerprint density at radius 1 is 0.543 bits per heavy atom. The van der Waals surface area contributed by atoms with Crippen LogP contribution in [0.1, 0.15) is 0 Å². The second kappa shape index (κ2) is 6.17. The van der Waals surface area contributed by atoms with Crippen LogP contribution in [0, 0.1) is 0 Å². The lowest BCUT2D eigenvalue weighted by Gasteiger charge is -2.10. The molecule has 0 unspecified atom stereocenters. The summed E-state index contributed by atoms with van der Waals surface area (Å²) >= 11 is 1.85. The molecule has 4 heteroatoms. The summed E-state index contributed by atoms with van der Waals surface area (Å²) in [6.45, 7) is 0. The van der Waals surface area contributed by atoms with Gasteiger partial charge in [-0.2, -0.15) is 0 Å². The van der Waals surface area contributed by atoms with Crippen molar-refractivity contribution in [3.63, 3.8) is 0 Å². The molecule has 0 aliphatic carbocycles. The minimum atomic E-state index is 0.913. The molecule has 0 aliphatic heterocycles. The Morgan fingerprint density at radius 2 is 1.34 bits per heavy atom. The Hall–Kier alpha value is -4.41. The second-order valence-electron chi connectivity index (χ2n) is 9.22. The smallest absolute Gasteiger partial charge is 0.146 e. The van der Waals surface area contributed by atoms with E-state index in [2.05, 4.69) is 89.3 Å². The molecule has 4 aromatic heterocycles. The summed E-state index contributed by atoms with van der Waals surface area (Å²) in [7, 11) is 0. The standard InChI is InChI=1S/C31H16N2OS/c1-5-11-27-17(7-1)21-14-23-19(15-28(21)34-27)20-13-22-18-8-2-6-12-29(18)35-30(22)16-26(20)33-25-10-4-3-9-24(25)32-31(23)33/h1-16H. The van der Waals surface area contributed by atoms with Crippen LogP contribution in [0.15, 0.2) is 101 Å². The maximum Gasteiger partial charge on any atom is 0.146 e. The Morgan fingerprint density at radius 3 is 2.31 bits per heavy atom. The molecule has 0 saturated carbocycles. The average Bonchev–Trinajstić information content (AvgIpc) is 3.57. The molecule has 0 atom stereocenters. The maximum atomic E-state index is 6.30. The Balaban J connectivity index is 1.60. The van der Waals surface area contributed by atoms with Gasteiger partial charge in [-0.05, 0) is 53.9 Å². The summed E-state index contributed by atoms with van der Waals surface area (Å²) in [6.07, 6.45) is 0. The number of fused-ring (bicyclic) bond motifs is 14. The van der Waals surface area contributed by atoms with Gasteiger partial charge in [0.2, 0.25) is 0 Å². The van der Waals surface area contributed by atoms with Crippen molar-refractivity contribution in [2.24, 2.45) is 0 Å². The first kappa shape index (κ1) is 18.0. The largest absolute Gasteiger partial charge is 0.456 e. The fraction of sp³-hybridized carbons (Fsp3) is 0. The number of hydrogen-bond acceptors (Lipinski definition) is 3. The molecule has 5 aromatic carbocycles. The van der Waals surface area contributed by atoms with Gasteiger partial charge in [-0.15, -0.1) is 11.3 Å². The third-order valence-electron chi connectivity index (χ3n) is 7.34. The first-order valence-electron chi connectivity index (χ1n) is 11.7. The van der Waals surface area contributed by atoms with E-state index in [1.807, 2.05) is 23.5 Å². The van der Waals surface area contributed by atoms with E-state index in [0.29, 0.717) is 0 Å². The zero-order valence-corrected chi connectivity index (χ0v) is 19.3. The Labute approximate surface area is 202 Å². The topological polar surface area (TPSA) is 30.4 Å². The number of para-hydroxylation sites is 3. The van der Waals surface area contributed by atoms with E-state index in [9.17, 15) is 0 Å². The number of furan rings is 1. The molecule has 9 rings (SSSR count). The number of nitrogens with zero attached hydrogens (tertiary/aromatic N) is 2. The van der Waals surface area contributed by atoms with E-state index in [0.717, 1.165) is 44.0 Å². The van der Waals surface area contributed by atoms with Crippen molar-refractivity contribution in [1.82, 2.24) is 9.38 Å². The van der Waals surface area contributed by atoms with E-state index >= 15 is 0 Å². The van der Waals surface area contributed by atoms with Crippen LogP contribution < -0.4 is 0 Å². The molecule has 0 fully saturated rings. The summed E-state index contributed by atoms with van der Waals surface area (Å²) in [5, 5.41) is 8.41. The highest BCUT2D eigenvalue weighted by molar-refractivity contribution is 7.25. The van der Waals surface area contributed by atoms with Crippen LogP contribution in [0.25, 0.3) is 80.5 Å². The van der Waals surface area contributed by atoms with Crippen LogP contribution in [0.2, 0.25) is 0 Å². The van der Waals surface area contributed by atoms with Gasteiger partial charge < -0.3 is 4.42 Å². The maximum absolute atomic E-state index is 6.30. The molecular formula is C31H16N2OS. The molecule has 0 saturated heterocycles. The number of aromatic nitrogens is 2. The van der Waals surface area contributed by atoms with E-state index in [1.54, 1.807) is 0 Å². The zero-order chi connectivity index (χ0) is 22.7. The monoisotopic (exact) mass is 464 g/mol. The molecule has 0 spiro atoms. The summed E-state index contributed by atoms with van der Waals surface area (Å²) in [5.41, 5.74) is 6.13. The lowest BCUT2D eigenvalue weighted by molar-refractivity contribution is 0.669. The summed E-state index contributed by atoms with van der Waals surface area (Å²) in [4.78, 5) is 5.12. The van der Waals surface area contributed by atoms with Crippen LogP contribution in [0.5, 0.6) is 0 Å². The highest BCUT2D eigenvalue weighted by atomic mass is 32.1. The van der Waals surface area contributed by atoms with Crippen molar-refractivity contribution in [3.8, 4) is 0 Å². The van der Waals surface area contributed by atoms with Gasteiger partial charge >= 0.3 is 0 Å². The van der Waals surface area contributed by atoms with Gasteiger partial charge in [0, 0.05) is 41.7 Å². The number of benzene rings is 5. The molecular weight excluding hydrogens is 448 g/mol. The number of thiophene rings is 1. The molecule has 3 nitrogen and oxygen atoms in total. The third-order valence-corrected chi connectivity index (χ3v) is 8.48. The van der Waals surface area contributed by atoms with Crippen molar-refractivity contribution in [3.05, 3.63) is 97.1 Å². The molecule has 0 bridgehead atoms. The molecule has 0 N–H and O–H groups in total. The van der Waals surface area contributed by atoms with E-state index in [-0.39, 0.29) is 0 Å². The van der Waals surface area contributed by atoms with Gasteiger partial charge in [0.05, 0.1) is 16.6 Å². The molecule has 0 radical (unpaired) electrons. The van der Waals surface area contributed by atoms with Crippen molar-refractivity contribution in [1.29, 1.82) is 0 Å². The van der Waals surface area contributed by atoms with Gasteiger partial charge in [-0.3, -0.25) is 4.40 Å². The van der Waals surface area contributed by atoms with Crippen LogP contribution >= 0.6 is 11.3 Å². The first-order valence-corrected chi connectivity index (χ1v) is 12.5. The number of imidazole rings is 1. The fourth-order valence-electron chi connectivity index (χ4n) is 5.79. The van der Waals surface area contributed by atoms with Gasteiger partial charge in [-0.1, -0.05) is 48.5 Å². The van der Waals surface area contributed by atoms with Crippen molar-refractivity contribution in [2.45, 2.75) is 0 Å². The van der Waals surface area contributed by atoms with Crippen LogP contribution in [-0.2, 0) is 0 Å². The SMILES string of the molecule is c1ccc2c(c1)nc1c3cc4c(cc3c3cc5c(cc3n21)sc1ccccc15)oc1ccccc14. The van der Waals surface area contributed by atoms with Crippen LogP contribution in [-0.4, -0.2) is 9.38 Å². The second-order valence-corrected chi connectivity index (χ2v) is 10.3. The molecule has 4 heterocycles. The summed E-state index contributed by atoms with van der Waals surface area (Å²) < 4.78 is 11.2. The lowest BCUT2D eigenvalue weighted by Crippen LogP contribution is -1.91. The van der Waals surface area contributed by atoms with Crippen molar-refractivity contribution in [2.75, 3.05) is 0 Å². The highest BCUT2D eigenvalue weighted by Crippen LogP contribution is 2.42. The molecule has 0 aliphatic rings. The van der Waals surface area contributed by atoms with Gasteiger partial charge in [0.15, 0.2) is 0 Å². The van der Waals surface area contributed by atoms with Gasteiger partial charge in [0.1, 0.15) is 16.8 Å². The van der Waals surface area contributed by atoms with Crippen molar-refractivity contribution >= 4 is 91.8 Å². The predicted molar refractivity (Wildman–Crippen MR) is 148 cm³/mol. The molecule has 0 amide bonds. The van der Waals surface area contributed by atoms with Crippen LogP contribution in [0.3, 0.4) is 0 Å². The molecule has 9 aromatic rings. The van der Waals surface area contributed by atoms with E-state index in [4.69, 9.17) is 9.40 Å². The highest BCUT2D eigenvalue weighted by Gasteiger charge is 2.18. The number of rotatable bonds is 0. The minimum Gasteiger partial charge on any atom is -0.456 e. The molecule has 35 heavy (non-hydrogen) atoms. The zero-order valence-electron chi connectivity index (χ0n) is 18.4. The van der Waals surface area contributed by atoms with E-state index < -0.39 is 0 Å². The Kier molecular flexibility index (Phi) is 3.17. The summed E-state index contributed by atoms with van der Waals surface area (Å²) in [6, 6.07) is 34.6. The quantitative estimate of drug-likeness (QED) is 0.210. The summed E-state index contributed by atoms with van der Waals surface area (Å²) in [5.74, 6) is 0. The number of pyridine rings is 1. The van der Waals surface area contributed by atoms with Gasteiger partial charge in [-0.25, -0.2) is 4.98 Å². The van der Waals surface area contributed by atoms with Gasteiger partial charge in [0.25, 0.3) is 0 Å². The van der Waals surface area contributed by atoms with E-state index in [1.165, 1.54) is 36.5 Å².